The van der Waals surface area contributed by atoms with Crippen molar-refractivity contribution in [2.75, 3.05) is 13.7 Å². The summed E-state index contributed by atoms with van der Waals surface area (Å²) in [5.41, 5.74) is 1.63. The molecule has 0 aliphatic rings. The molecule has 6 heteroatoms. The van der Waals surface area contributed by atoms with Crippen LogP contribution in [0.5, 0.6) is 5.75 Å². The fourth-order valence-corrected chi connectivity index (χ4v) is 3.47. The molecule has 0 heterocycles. The molecular formula is C16H18ClNO3S. The van der Waals surface area contributed by atoms with Gasteiger partial charge in [-0.2, -0.15) is 0 Å². The van der Waals surface area contributed by atoms with Crippen molar-refractivity contribution in [2.24, 2.45) is 0 Å². The molecule has 2 rings (SSSR count). The Morgan fingerprint density at radius 1 is 1.14 bits per heavy atom. The minimum atomic E-state index is -3.36. The number of sulfonamides is 1. The van der Waals surface area contributed by atoms with Gasteiger partial charge in [0, 0.05) is 11.6 Å². The Bertz CT molecular complexity index is 717. The van der Waals surface area contributed by atoms with Gasteiger partial charge < -0.3 is 4.74 Å². The molecule has 0 spiro atoms. The van der Waals surface area contributed by atoms with E-state index in [4.69, 9.17) is 16.3 Å². The fourth-order valence-electron chi connectivity index (χ4n) is 2.13. The molecule has 2 aromatic rings. The zero-order valence-corrected chi connectivity index (χ0v) is 13.8. The molecule has 0 aliphatic heterocycles. The van der Waals surface area contributed by atoms with Gasteiger partial charge in [0.05, 0.1) is 12.9 Å². The van der Waals surface area contributed by atoms with Crippen molar-refractivity contribution in [1.82, 2.24) is 4.72 Å². The van der Waals surface area contributed by atoms with Crippen LogP contribution < -0.4 is 9.46 Å². The number of halogens is 1. The summed E-state index contributed by atoms with van der Waals surface area (Å²) in [6, 6.07) is 14.4. The van der Waals surface area contributed by atoms with Crippen molar-refractivity contribution in [3.63, 3.8) is 0 Å². The molecule has 0 radical (unpaired) electrons. The standard InChI is InChI=1S/C16H18ClNO3S/c1-21-16-8-7-15(17)11-14(16)9-10-18-22(19,20)12-13-5-3-2-4-6-13/h2-8,11,18H,9-10,12H2,1H3. The van der Waals surface area contributed by atoms with E-state index in [1.807, 2.05) is 18.2 Å². The molecule has 118 valence electrons. The van der Waals surface area contributed by atoms with Gasteiger partial charge in [0.1, 0.15) is 5.75 Å². The molecule has 0 saturated heterocycles. The van der Waals surface area contributed by atoms with E-state index in [-0.39, 0.29) is 5.75 Å². The molecule has 0 atom stereocenters. The maximum Gasteiger partial charge on any atom is 0.215 e. The molecule has 2 aromatic carbocycles. The van der Waals surface area contributed by atoms with Crippen molar-refractivity contribution >= 4 is 21.6 Å². The topological polar surface area (TPSA) is 55.4 Å². The third-order valence-corrected chi connectivity index (χ3v) is 4.75. The minimum absolute atomic E-state index is 0.0273. The first-order chi connectivity index (χ1) is 10.5. The average molecular weight is 340 g/mol. The van der Waals surface area contributed by atoms with E-state index in [1.54, 1.807) is 37.4 Å². The van der Waals surface area contributed by atoms with Gasteiger partial charge in [-0.3, -0.25) is 0 Å². The molecule has 0 amide bonds. The Morgan fingerprint density at radius 2 is 1.86 bits per heavy atom. The average Bonchev–Trinajstić information content (AvgIpc) is 2.48. The number of methoxy groups -OCH3 is 1. The zero-order valence-electron chi connectivity index (χ0n) is 12.3. The Hall–Kier alpha value is -1.56. The van der Waals surface area contributed by atoms with Crippen molar-refractivity contribution in [3.8, 4) is 5.75 Å². The second-order valence-electron chi connectivity index (χ2n) is 4.85. The van der Waals surface area contributed by atoms with Gasteiger partial charge in [0.25, 0.3) is 0 Å². The molecule has 0 unspecified atom stereocenters. The molecule has 0 fully saturated rings. The minimum Gasteiger partial charge on any atom is -0.496 e. The Kier molecular flexibility index (Phi) is 5.83. The summed E-state index contributed by atoms with van der Waals surface area (Å²) in [5, 5.41) is 0.600. The van der Waals surface area contributed by atoms with Crippen LogP contribution in [0.25, 0.3) is 0 Å². The first-order valence-corrected chi connectivity index (χ1v) is 8.87. The maximum atomic E-state index is 12.0. The Balaban J connectivity index is 1.94. The maximum absolute atomic E-state index is 12.0. The summed E-state index contributed by atoms with van der Waals surface area (Å²) in [5.74, 6) is 0.673. The van der Waals surface area contributed by atoms with E-state index in [0.29, 0.717) is 23.7 Å². The zero-order chi connectivity index (χ0) is 16.0. The smallest absolute Gasteiger partial charge is 0.215 e. The number of ether oxygens (including phenoxy) is 1. The van der Waals surface area contributed by atoms with Crippen LogP contribution in [0.2, 0.25) is 5.02 Å². The molecule has 4 nitrogen and oxygen atoms in total. The van der Waals surface area contributed by atoms with Gasteiger partial charge in [-0.05, 0) is 35.7 Å². The molecule has 0 saturated carbocycles. The highest BCUT2D eigenvalue weighted by Gasteiger charge is 2.11. The number of hydrogen-bond donors (Lipinski definition) is 1. The van der Waals surface area contributed by atoms with Crippen LogP contribution in [0.3, 0.4) is 0 Å². The fraction of sp³-hybridized carbons (Fsp3) is 0.250. The molecule has 0 aromatic heterocycles. The summed E-state index contributed by atoms with van der Waals surface area (Å²) < 4.78 is 31.9. The van der Waals surface area contributed by atoms with Gasteiger partial charge in [-0.15, -0.1) is 0 Å². The number of hydrogen-bond acceptors (Lipinski definition) is 3. The van der Waals surface area contributed by atoms with Crippen LogP contribution in [-0.2, 0) is 22.2 Å². The SMILES string of the molecule is COc1ccc(Cl)cc1CCNS(=O)(=O)Cc1ccccc1. The normalized spacial score (nSPS) is 11.4. The van der Waals surface area contributed by atoms with Crippen LogP contribution in [0.1, 0.15) is 11.1 Å². The van der Waals surface area contributed by atoms with Crippen LogP contribution in [-0.4, -0.2) is 22.1 Å². The van der Waals surface area contributed by atoms with Crippen molar-refractivity contribution < 1.29 is 13.2 Å². The van der Waals surface area contributed by atoms with E-state index >= 15 is 0 Å². The number of nitrogens with one attached hydrogen (secondary N) is 1. The van der Waals surface area contributed by atoms with Crippen molar-refractivity contribution in [3.05, 3.63) is 64.7 Å². The monoisotopic (exact) mass is 339 g/mol. The van der Waals surface area contributed by atoms with E-state index in [1.165, 1.54) is 0 Å². The third-order valence-electron chi connectivity index (χ3n) is 3.16. The lowest BCUT2D eigenvalue weighted by Gasteiger charge is -2.10. The lowest BCUT2D eigenvalue weighted by Crippen LogP contribution is -2.27. The summed E-state index contributed by atoms with van der Waals surface area (Å²) in [4.78, 5) is 0. The van der Waals surface area contributed by atoms with Gasteiger partial charge in [0.2, 0.25) is 10.0 Å². The number of benzene rings is 2. The summed E-state index contributed by atoms with van der Waals surface area (Å²) in [6.07, 6.45) is 0.512. The first kappa shape index (κ1) is 16.8. The van der Waals surface area contributed by atoms with Crippen LogP contribution in [0.15, 0.2) is 48.5 Å². The predicted molar refractivity (Wildman–Crippen MR) is 88.8 cm³/mol. The highest BCUT2D eigenvalue weighted by Crippen LogP contribution is 2.22. The molecule has 0 aliphatic carbocycles. The third kappa shape index (κ3) is 5.02. The summed E-state index contributed by atoms with van der Waals surface area (Å²) in [6.45, 7) is 0.297. The second kappa shape index (κ2) is 7.63. The van der Waals surface area contributed by atoms with Crippen molar-refractivity contribution in [1.29, 1.82) is 0 Å². The molecule has 1 N–H and O–H groups in total. The van der Waals surface area contributed by atoms with Crippen molar-refractivity contribution in [2.45, 2.75) is 12.2 Å². The van der Waals surface area contributed by atoms with Gasteiger partial charge in [-0.25, -0.2) is 13.1 Å². The van der Waals surface area contributed by atoms with Crippen LogP contribution in [0.4, 0.5) is 0 Å². The quantitative estimate of drug-likeness (QED) is 0.843. The van der Waals surface area contributed by atoms with E-state index in [2.05, 4.69) is 4.72 Å². The highest BCUT2D eigenvalue weighted by atomic mass is 35.5. The largest absolute Gasteiger partial charge is 0.496 e. The Labute approximate surface area is 136 Å². The lowest BCUT2D eigenvalue weighted by molar-refractivity contribution is 0.409. The second-order valence-corrected chi connectivity index (χ2v) is 7.09. The molecular weight excluding hydrogens is 322 g/mol. The highest BCUT2D eigenvalue weighted by molar-refractivity contribution is 7.88. The van der Waals surface area contributed by atoms with Gasteiger partial charge >= 0.3 is 0 Å². The lowest BCUT2D eigenvalue weighted by atomic mass is 10.1. The Morgan fingerprint density at radius 3 is 2.55 bits per heavy atom. The van der Waals surface area contributed by atoms with E-state index in [9.17, 15) is 8.42 Å². The van der Waals surface area contributed by atoms with E-state index in [0.717, 1.165) is 11.1 Å². The van der Waals surface area contributed by atoms with Crippen LogP contribution in [0, 0.1) is 0 Å². The number of rotatable bonds is 7. The van der Waals surface area contributed by atoms with Crippen LogP contribution >= 0.6 is 11.6 Å². The first-order valence-electron chi connectivity index (χ1n) is 6.84. The summed E-state index contributed by atoms with van der Waals surface area (Å²) in [7, 11) is -1.78. The molecule has 0 bridgehead atoms. The summed E-state index contributed by atoms with van der Waals surface area (Å²) >= 11 is 5.96. The van der Waals surface area contributed by atoms with Gasteiger partial charge in [-0.1, -0.05) is 41.9 Å². The van der Waals surface area contributed by atoms with E-state index < -0.39 is 10.0 Å². The van der Waals surface area contributed by atoms with Gasteiger partial charge in [0.15, 0.2) is 0 Å². The predicted octanol–water partition coefficient (Wildman–Crippen LogP) is 3.01. The molecule has 22 heavy (non-hydrogen) atoms.